The third kappa shape index (κ3) is 7.20. The molecule has 0 bridgehead atoms. The van der Waals surface area contributed by atoms with Crippen LogP contribution in [0, 0.1) is 11.7 Å². The van der Waals surface area contributed by atoms with E-state index >= 15 is 0 Å². The van der Waals surface area contributed by atoms with Gasteiger partial charge in [-0.25, -0.2) is 14.0 Å². The van der Waals surface area contributed by atoms with Crippen molar-refractivity contribution < 1.29 is 28.2 Å². The van der Waals surface area contributed by atoms with Crippen molar-refractivity contribution in [3.8, 4) is 5.75 Å². The van der Waals surface area contributed by atoms with Crippen molar-refractivity contribution in [2.75, 3.05) is 33.2 Å². The molecule has 0 aromatic heterocycles. The van der Waals surface area contributed by atoms with Gasteiger partial charge in [0.15, 0.2) is 0 Å². The van der Waals surface area contributed by atoms with Crippen LogP contribution in [0.15, 0.2) is 48.5 Å². The number of hydrogen-bond donors (Lipinski definition) is 0. The van der Waals surface area contributed by atoms with Gasteiger partial charge in [0.25, 0.3) is 0 Å². The van der Waals surface area contributed by atoms with E-state index < -0.39 is 17.5 Å². The molecule has 0 saturated carbocycles. The van der Waals surface area contributed by atoms with E-state index in [1.54, 1.807) is 29.0 Å². The second kappa shape index (κ2) is 11.8. The van der Waals surface area contributed by atoms with Gasteiger partial charge in [-0.15, -0.1) is 0 Å². The Kier molecular flexibility index (Phi) is 8.69. The van der Waals surface area contributed by atoms with E-state index in [1.807, 2.05) is 32.9 Å². The minimum absolute atomic E-state index is 0.0144. The van der Waals surface area contributed by atoms with Crippen LogP contribution in [0.2, 0.25) is 5.02 Å². The minimum Gasteiger partial charge on any atom is -0.444 e. The van der Waals surface area contributed by atoms with Gasteiger partial charge in [0, 0.05) is 50.1 Å². The Morgan fingerprint density at radius 1 is 0.949 bits per heavy atom. The van der Waals surface area contributed by atoms with E-state index in [4.69, 9.17) is 21.1 Å². The number of ether oxygens (including phenoxy) is 2. The minimum atomic E-state index is -0.592. The molecule has 0 N–H and O–H groups in total. The van der Waals surface area contributed by atoms with Crippen LogP contribution in [0.3, 0.4) is 0 Å². The normalized spacial score (nSPS) is 20.1. The molecule has 2 saturated heterocycles. The molecule has 3 amide bonds. The number of carbonyl (C=O) groups excluding carboxylic acids is 3. The lowest BCUT2D eigenvalue weighted by atomic mass is 9.93. The van der Waals surface area contributed by atoms with E-state index in [2.05, 4.69) is 0 Å². The fourth-order valence-corrected chi connectivity index (χ4v) is 5.23. The smallest absolute Gasteiger partial charge is 0.415 e. The summed E-state index contributed by atoms with van der Waals surface area (Å²) < 4.78 is 24.2. The van der Waals surface area contributed by atoms with Gasteiger partial charge in [-0.05, 0) is 75.6 Å². The van der Waals surface area contributed by atoms with Gasteiger partial charge in [0.05, 0.1) is 6.04 Å². The molecule has 4 rings (SSSR count). The number of hydrogen-bond acceptors (Lipinski definition) is 5. The van der Waals surface area contributed by atoms with Crippen molar-refractivity contribution in [2.24, 2.45) is 5.92 Å². The highest BCUT2D eigenvalue weighted by Crippen LogP contribution is 2.34. The maximum Gasteiger partial charge on any atom is 0.415 e. The van der Waals surface area contributed by atoms with E-state index in [0.29, 0.717) is 44.0 Å². The summed E-state index contributed by atoms with van der Waals surface area (Å²) in [5, 5.41) is 0.599. The molecule has 0 aliphatic carbocycles. The van der Waals surface area contributed by atoms with Crippen molar-refractivity contribution in [1.29, 1.82) is 0 Å². The maximum atomic E-state index is 13.6. The number of carbonyl (C=O) groups is 3. The Hall–Kier alpha value is -3.33. The molecule has 2 fully saturated rings. The second-order valence-electron chi connectivity index (χ2n) is 11.1. The highest BCUT2D eigenvalue weighted by molar-refractivity contribution is 6.30. The largest absolute Gasteiger partial charge is 0.444 e. The summed E-state index contributed by atoms with van der Waals surface area (Å²) >= 11 is 6.11. The Labute approximate surface area is 233 Å². The summed E-state index contributed by atoms with van der Waals surface area (Å²) in [7, 11) is 1.65. The van der Waals surface area contributed by atoms with Crippen molar-refractivity contribution in [1.82, 2.24) is 14.7 Å². The highest BCUT2D eigenvalue weighted by atomic mass is 35.5. The fourth-order valence-electron chi connectivity index (χ4n) is 5.10. The summed E-state index contributed by atoms with van der Waals surface area (Å²) in [4.78, 5) is 44.0. The van der Waals surface area contributed by atoms with Crippen molar-refractivity contribution in [2.45, 2.75) is 51.2 Å². The van der Waals surface area contributed by atoms with Gasteiger partial charge in [0.2, 0.25) is 5.91 Å². The van der Waals surface area contributed by atoms with E-state index in [-0.39, 0.29) is 35.6 Å². The number of likely N-dealkylation sites (tertiary alicyclic amines) is 2. The van der Waals surface area contributed by atoms with Crippen LogP contribution in [0.4, 0.5) is 14.0 Å². The van der Waals surface area contributed by atoms with Crippen LogP contribution in [0.1, 0.15) is 45.1 Å². The quantitative estimate of drug-likeness (QED) is 0.490. The molecular formula is C29H35ClFN3O5. The van der Waals surface area contributed by atoms with Gasteiger partial charge in [0.1, 0.15) is 17.2 Å². The Morgan fingerprint density at radius 2 is 1.56 bits per heavy atom. The maximum absolute atomic E-state index is 13.6. The SMILES string of the molecule is CN(C(=O)Oc1ccc(F)cc1)C1CN(C(=O)C2CCN(C(=O)OC(C)(C)C)CC2)CC1c1ccc(Cl)cc1. The predicted octanol–water partition coefficient (Wildman–Crippen LogP) is 5.55. The van der Waals surface area contributed by atoms with Crippen LogP contribution in [0.25, 0.3) is 0 Å². The molecule has 2 aliphatic heterocycles. The number of benzene rings is 2. The molecule has 2 aromatic rings. The number of halogens is 2. The first-order valence-corrected chi connectivity index (χ1v) is 13.5. The summed E-state index contributed by atoms with van der Waals surface area (Å²) in [6.07, 6.45) is 0.143. The average Bonchev–Trinajstić information content (AvgIpc) is 3.34. The summed E-state index contributed by atoms with van der Waals surface area (Å²) in [6.45, 7) is 7.16. The molecule has 2 aromatic carbocycles. The second-order valence-corrected chi connectivity index (χ2v) is 11.6. The lowest BCUT2D eigenvalue weighted by Crippen LogP contribution is -2.46. The fraction of sp³-hybridized carbons (Fsp3) is 0.483. The average molecular weight is 560 g/mol. The van der Waals surface area contributed by atoms with Gasteiger partial charge < -0.3 is 24.2 Å². The van der Waals surface area contributed by atoms with Crippen LogP contribution >= 0.6 is 11.6 Å². The van der Waals surface area contributed by atoms with Crippen molar-refractivity contribution in [3.63, 3.8) is 0 Å². The lowest BCUT2D eigenvalue weighted by molar-refractivity contribution is -0.136. The molecule has 2 aliphatic rings. The first-order valence-electron chi connectivity index (χ1n) is 13.1. The molecule has 2 atom stereocenters. The first kappa shape index (κ1) is 28.7. The molecule has 2 unspecified atom stereocenters. The Balaban J connectivity index is 1.45. The third-order valence-electron chi connectivity index (χ3n) is 7.20. The molecule has 10 heteroatoms. The van der Waals surface area contributed by atoms with Gasteiger partial charge in [-0.2, -0.15) is 0 Å². The number of nitrogens with zero attached hydrogens (tertiary/aromatic N) is 3. The Bertz CT molecular complexity index is 1180. The molecule has 210 valence electrons. The van der Waals surface area contributed by atoms with E-state index in [9.17, 15) is 18.8 Å². The molecular weight excluding hydrogens is 525 g/mol. The number of piperidine rings is 1. The van der Waals surface area contributed by atoms with Gasteiger partial charge >= 0.3 is 12.2 Å². The molecule has 8 nitrogen and oxygen atoms in total. The standard InChI is InChI=1S/C29H35ClFN3O5/c1-29(2,3)39-28(37)33-15-13-20(14-16-33)26(35)34-17-24(19-5-7-21(30)8-6-19)25(18-34)32(4)27(36)38-23-11-9-22(31)10-12-23/h5-12,20,24-25H,13-18H2,1-4H3. The van der Waals surface area contributed by atoms with Gasteiger partial charge in [-0.1, -0.05) is 23.7 Å². The van der Waals surface area contributed by atoms with E-state index in [1.165, 1.54) is 29.2 Å². The molecule has 39 heavy (non-hydrogen) atoms. The number of amides is 3. The van der Waals surface area contributed by atoms with Crippen LogP contribution in [0.5, 0.6) is 5.75 Å². The van der Waals surface area contributed by atoms with Gasteiger partial charge in [-0.3, -0.25) is 4.79 Å². The number of likely N-dealkylation sites (N-methyl/N-ethyl adjacent to an activating group) is 1. The highest BCUT2D eigenvalue weighted by Gasteiger charge is 2.42. The zero-order valence-corrected chi connectivity index (χ0v) is 23.5. The van der Waals surface area contributed by atoms with Crippen molar-refractivity contribution in [3.05, 3.63) is 64.9 Å². The van der Waals surface area contributed by atoms with Crippen LogP contribution < -0.4 is 4.74 Å². The van der Waals surface area contributed by atoms with Crippen molar-refractivity contribution >= 4 is 29.7 Å². The monoisotopic (exact) mass is 559 g/mol. The zero-order chi connectivity index (χ0) is 28.3. The van der Waals surface area contributed by atoms with Crippen LogP contribution in [-0.4, -0.2) is 77.7 Å². The summed E-state index contributed by atoms with van der Waals surface area (Å²) in [5.74, 6) is -0.545. The Morgan fingerprint density at radius 3 is 2.15 bits per heavy atom. The predicted molar refractivity (Wildman–Crippen MR) is 145 cm³/mol. The topological polar surface area (TPSA) is 79.4 Å². The molecule has 0 radical (unpaired) electrons. The lowest BCUT2D eigenvalue weighted by Gasteiger charge is -2.34. The zero-order valence-electron chi connectivity index (χ0n) is 22.7. The van der Waals surface area contributed by atoms with E-state index in [0.717, 1.165) is 5.56 Å². The molecule has 0 spiro atoms. The summed E-state index contributed by atoms with van der Waals surface area (Å²) in [6, 6.07) is 12.3. The van der Waals surface area contributed by atoms with Crippen LogP contribution in [-0.2, 0) is 9.53 Å². The first-order chi connectivity index (χ1) is 18.4. The molecule has 2 heterocycles. The summed E-state index contributed by atoms with van der Waals surface area (Å²) in [5.41, 5.74) is 0.385. The number of rotatable bonds is 4. The third-order valence-corrected chi connectivity index (χ3v) is 7.45.